The molecule has 2 rings (SSSR count). The van der Waals surface area contributed by atoms with E-state index in [9.17, 15) is 4.79 Å². The molecule has 2 aromatic carbocycles. The standard InChI is InChI=1S/C20H26N2O.ClH/c1-14-6-9-16(10-7-14)20(3,4)13-22(5)19(23)18-12-17(21)11-8-15(18)2;/h6-12H,13,21H2,1-5H3;1H. The Morgan fingerprint density at radius 2 is 1.67 bits per heavy atom. The van der Waals surface area contributed by atoms with Crippen LogP contribution < -0.4 is 5.73 Å². The van der Waals surface area contributed by atoms with Gasteiger partial charge >= 0.3 is 0 Å². The third kappa shape index (κ3) is 4.51. The molecule has 3 nitrogen and oxygen atoms in total. The first-order valence-corrected chi connectivity index (χ1v) is 7.89. The Labute approximate surface area is 151 Å². The first kappa shape index (κ1) is 20.0. The summed E-state index contributed by atoms with van der Waals surface area (Å²) in [5, 5.41) is 0. The Morgan fingerprint density at radius 3 is 2.25 bits per heavy atom. The summed E-state index contributed by atoms with van der Waals surface area (Å²) >= 11 is 0. The summed E-state index contributed by atoms with van der Waals surface area (Å²) in [5.74, 6) is 0.00925. The molecular weight excluding hydrogens is 320 g/mol. The van der Waals surface area contributed by atoms with E-state index in [0.29, 0.717) is 17.8 Å². The van der Waals surface area contributed by atoms with Crippen molar-refractivity contribution in [2.45, 2.75) is 33.1 Å². The molecule has 0 atom stereocenters. The van der Waals surface area contributed by atoms with E-state index in [1.54, 1.807) is 11.0 Å². The molecule has 0 unspecified atom stereocenters. The molecule has 2 aromatic rings. The smallest absolute Gasteiger partial charge is 0.253 e. The molecule has 0 spiro atoms. The lowest BCUT2D eigenvalue weighted by Crippen LogP contribution is -2.38. The third-order valence-electron chi connectivity index (χ3n) is 4.30. The molecule has 4 heteroatoms. The Hall–Kier alpha value is -2.00. The molecule has 2 N–H and O–H groups in total. The van der Waals surface area contributed by atoms with Crippen molar-refractivity contribution < 1.29 is 4.79 Å². The number of hydrogen-bond acceptors (Lipinski definition) is 2. The second-order valence-electron chi connectivity index (χ2n) is 6.99. The van der Waals surface area contributed by atoms with E-state index in [-0.39, 0.29) is 23.7 Å². The van der Waals surface area contributed by atoms with E-state index in [0.717, 1.165) is 5.56 Å². The second kappa shape index (κ2) is 7.71. The van der Waals surface area contributed by atoms with E-state index < -0.39 is 0 Å². The van der Waals surface area contributed by atoms with Gasteiger partial charge in [-0.1, -0.05) is 49.7 Å². The number of benzene rings is 2. The van der Waals surface area contributed by atoms with Crippen LogP contribution in [0.15, 0.2) is 42.5 Å². The van der Waals surface area contributed by atoms with Gasteiger partial charge in [0.15, 0.2) is 0 Å². The first-order chi connectivity index (χ1) is 10.7. The highest BCUT2D eigenvalue weighted by atomic mass is 35.5. The van der Waals surface area contributed by atoms with Crippen molar-refractivity contribution in [3.8, 4) is 0 Å². The number of rotatable bonds is 4. The summed E-state index contributed by atoms with van der Waals surface area (Å²) in [6, 6.07) is 14.0. The Bertz CT molecular complexity index is 708. The lowest BCUT2D eigenvalue weighted by atomic mass is 9.83. The molecule has 24 heavy (non-hydrogen) atoms. The molecule has 0 radical (unpaired) electrons. The van der Waals surface area contributed by atoms with Crippen LogP contribution in [0, 0.1) is 13.8 Å². The van der Waals surface area contributed by atoms with Crippen LogP contribution in [-0.4, -0.2) is 24.4 Å². The van der Waals surface area contributed by atoms with Crippen molar-refractivity contribution in [3.05, 3.63) is 64.7 Å². The van der Waals surface area contributed by atoms with Gasteiger partial charge in [-0.2, -0.15) is 0 Å². The molecule has 0 heterocycles. The van der Waals surface area contributed by atoms with E-state index in [2.05, 4.69) is 45.0 Å². The number of nitrogens with two attached hydrogens (primary N) is 1. The minimum absolute atomic E-state index is 0. The monoisotopic (exact) mass is 346 g/mol. The normalized spacial score (nSPS) is 10.9. The van der Waals surface area contributed by atoms with Crippen molar-refractivity contribution >= 4 is 24.0 Å². The van der Waals surface area contributed by atoms with Crippen molar-refractivity contribution in [1.82, 2.24) is 4.90 Å². The Kier molecular flexibility index (Phi) is 6.44. The number of nitrogen functional groups attached to an aromatic ring is 1. The van der Waals surface area contributed by atoms with E-state index >= 15 is 0 Å². The summed E-state index contributed by atoms with van der Waals surface area (Å²) in [5.41, 5.74) is 10.4. The molecule has 0 saturated carbocycles. The molecule has 0 saturated heterocycles. The topological polar surface area (TPSA) is 46.3 Å². The highest BCUT2D eigenvalue weighted by Gasteiger charge is 2.25. The minimum atomic E-state index is -0.119. The number of hydrogen-bond donors (Lipinski definition) is 1. The van der Waals surface area contributed by atoms with Crippen molar-refractivity contribution in [2.75, 3.05) is 19.3 Å². The number of nitrogens with zero attached hydrogens (tertiary/aromatic N) is 1. The van der Waals surface area contributed by atoms with Crippen LogP contribution in [0.3, 0.4) is 0 Å². The number of anilines is 1. The second-order valence-corrected chi connectivity index (χ2v) is 6.99. The van der Waals surface area contributed by atoms with Crippen LogP contribution in [-0.2, 0) is 5.41 Å². The lowest BCUT2D eigenvalue weighted by molar-refractivity contribution is 0.0767. The van der Waals surface area contributed by atoms with Crippen molar-refractivity contribution in [1.29, 1.82) is 0 Å². The van der Waals surface area contributed by atoms with Crippen LogP contribution in [0.1, 0.15) is 40.9 Å². The van der Waals surface area contributed by atoms with Crippen LogP contribution in [0.4, 0.5) is 5.69 Å². The zero-order valence-electron chi connectivity index (χ0n) is 15.1. The van der Waals surface area contributed by atoms with Crippen molar-refractivity contribution in [2.24, 2.45) is 0 Å². The maximum atomic E-state index is 12.8. The molecule has 0 aliphatic rings. The zero-order chi connectivity index (χ0) is 17.2. The molecule has 1 amide bonds. The number of halogens is 1. The fraction of sp³-hybridized carbons (Fsp3) is 0.350. The summed E-state index contributed by atoms with van der Waals surface area (Å²) < 4.78 is 0. The lowest BCUT2D eigenvalue weighted by Gasteiger charge is -2.31. The largest absolute Gasteiger partial charge is 0.399 e. The van der Waals surface area contributed by atoms with Gasteiger partial charge in [-0.3, -0.25) is 4.79 Å². The number of amides is 1. The average molecular weight is 347 g/mol. The average Bonchev–Trinajstić information content (AvgIpc) is 2.49. The zero-order valence-corrected chi connectivity index (χ0v) is 15.9. The van der Waals surface area contributed by atoms with Gasteiger partial charge in [0.05, 0.1) is 0 Å². The predicted octanol–water partition coefficient (Wildman–Crippen LogP) is 4.36. The van der Waals surface area contributed by atoms with Gasteiger partial charge in [-0.25, -0.2) is 0 Å². The molecule has 130 valence electrons. The molecule has 0 fully saturated rings. The summed E-state index contributed by atoms with van der Waals surface area (Å²) in [6.07, 6.45) is 0. The first-order valence-electron chi connectivity index (χ1n) is 7.89. The van der Waals surface area contributed by atoms with Crippen molar-refractivity contribution in [3.63, 3.8) is 0 Å². The quantitative estimate of drug-likeness (QED) is 0.836. The number of aryl methyl sites for hydroxylation is 2. The van der Waals surface area contributed by atoms with Crippen LogP contribution in [0.2, 0.25) is 0 Å². The van der Waals surface area contributed by atoms with E-state index in [1.807, 2.05) is 26.1 Å². The highest BCUT2D eigenvalue weighted by molar-refractivity contribution is 5.96. The molecule has 0 bridgehead atoms. The minimum Gasteiger partial charge on any atom is -0.399 e. The predicted molar refractivity (Wildman–Crippen MR) is 104 cm³/mol. The van der Waals surface area contributed by atoms with Gasteiger partial charge in [0.25, 0.3) is 5.91 Å². The number of carbonyl (C=O) groups excluding carboxylic acids is 1. The van der Waals surface area contributed by atoms with Gasteiger partial charge in [0, 0.05) is 30.3 Å². The maximum Gasteiger partial charge on any atom is 0.253 e. The molecular formula is C20H27ClN2O. The van der Waals surface area contributed by atoms with Gasteiger partial charge in [0.1, 0.15) is 0 Å². The Balaban J connectivity index is 0.00000288. The van der Waals surface area contributed by atoms with Gasteiger partial charge in [0.2, 0.25) is 0 Å². The Morgan fingerprint density at radius 1 is 1.08 bits per heavy atom. The summed E-state index contributed by atoms with van der Waals surface area (Å²) in [4.78, 5) is 14.5. The fourth-order valence-electron chi connectivity index (χ4n) is 2.84. The maximum absolute atomic E-state index is 12.8. The fourth-order valence-corrected chi connectivity index (χ4v) is 2.84. The summed E-state index contributed by atoms with van der Waals surface area (Å²) in [6.45, 7) is 8.98. The number of carbonyl (C=O) groups is 1. The van der Waals surface area contributed by atoms with Gasteiger partial charge in [-0.05, 0) is 37.1 Å². The summed E-state index contributed by atoms with van der Waals surface area (Å²) in [7, 11) is 1.85. The SMILES string of the molecule is Cc1ccc(C(C)(C)CN(C)C(=O)c2cc(N)ccc2C)cc1.Cl. The van der Waals surface area contributed by atoms with Gasteiger partial charge in [-0.15, -0.1) is 12.4 Å². The van der Waals surface area contributed by atoms with Gasteiger partial charge < -0.3 is 10.6 Å². The molecule has 0 aliphatic carbocycles. The molecule has 0 aromatic heterocycles. The molecule has 0 aliphatic heterocycles. The van der Waals surface area contributed by atoms with E-state index in [1.165, 1.54) is 11.1 Å². The number of likely N-dealkylation sites (N-methyl/N-ethyl adjacent to an activating group) is 1. The van der Waals surface area contributed by atoms with Crippen LogP contribution >= 0.6 is 12.4 Å². The highest BCUT2D eigenvalue weighted by Crippen LogP contribution is 2.25. The van der Waals surface area contributed by atoms with E-state index in [4.69, 9.17) is 5.73 Å². The van der Waals surface area contributed by atoms with Crippen LogP contribution in [0.5, 0.6) is 0 Å². The van der Waals surface area contributed by atoms with Crippen LogP contribution in [0.25, 0.3) is 0 Å². The third-order valence-corrected chi connectivity index (χ3v) is 4.30.